The molecule has 27 heavy (non-hydrogen) atoms. The molecule has 1 aromatic heterocycles. The standard InChI is InChI=1S/C21H33N5O/c1-17-22-19(24-10-4-5-11-24)16-20(23-17)25-12-14-26(15-13-25)21(27)9-8-18-6-2-3-7-18/h16,18H,2-15H2,1H3. The van der Waals surface area contributed by atoms with Crippen LogP contribution in [0.4, 0.5) is 11.6 Å². The Bertz CT molecular complexity index is 644. The van der Waals surface area contributed by atoms with Gasteiger partial charge in [-0.1, -0.05) is 25.7 Å². The molecule has 0 radical (unpaired) electrons. The second-order valence-corrected chi connectivity index (χ2v) is 8.38. The summed E-state index contributed by atoms with van der Waals surface area (Å²) < 4.78 is 0. The van der Waals surface area contributed by atoms with Crippen LogP contribution in [-0.4, -0.2) is 60.0 Å². The third kappa shape index (κ3) is 4.53. The van der Waals surface area contributed by atoms with Gasteiger partial charge in [-0.25, -0.2) is 9.97 Å². The highest BCUT2D eigenvalue weighted by Crippen LogP contribution is 2.29. The smallest absolute Gasteiger partial charge is 0.222 e. The van der Waals surface area contributed by atoms with Crippen molar-refractivity contribution in [3.8, 4) is 0 Å². The van der Waals surface area contributed by atoms with Crippen LogP contribution in [0.2, 0.25) is 0 Å². The SMILES string of the molecule is Cc1nc(N2CCCC2)cc(N2CCN(C(=O)CCC3CCCC3)CC2)n1. The van der Waals surface area contributed by atoms with E-state index in [2.05, 4.69) is 30.7 Å². The summed E-state index contributed by atoms with van der Waals surface area (Å²) in [7, 11) is 0. The van der Waals surface area contributed by atoms with Gasteiger partial charge in [-0.15, -0.1) is 0 Å². The third-order valence-electron chi connectivity index (χ3n) is 6.44. The summed E-state index contributed by atoms with van der Waals surface area (Å²) in [6, 6.07) is 2.13. The molecule has 3 heterocycles. The number of piperazine rings is 1. The molecule has 3 aliphatic rings. The topological polar surface area (TPSA) is 52.6 Å². The highest BCUT2D eigenvalue weighted by molar-refractivity contribution is 5.76. The lowest BCUT2D eigenvalue weighted by Crippen LogP contribution is -2.49. The van der Waals surface area contributed by atoms with Crippen LogP contribution in [0.15, 0.2) is 6.07 Å². The fourth-order valence-electron chi connectivity index (χ4n) is 4.78. The van der Waals surface area contributed by atoms with Gasteiger partial charge in [0, 0.05) is 51.8 Å². The van der Waals surface area contributed by atoms with Gasteiger partial charge < -0.3 is 14.7 Å². The van der Waals surface area contributed by atoms with Crippen LogP contribution in [-0.2, 0) is 4.79 Å². The van der Waals surface area contributed by atoms with Crippen molar-refractivity contribution in [2.75, 3.05) is 49.1 Å². The Kier molecular flexibility index (Phi) is 5.79. The van der Waals surface area contributed by atoms with E-state index < -0.39 is 0 Å². The molecule has 2 saturated heterocycles. The number of nitrogens with zero attached hydrogens (tertiary/aromatic N) is 5. The normalized spacial score (nSPS) is 21.3. The van der Waals surface area contributed by atoms with Crippen molar-refractivity contribution in [3.05, 3.63) is 11.9 Å². The predicted octanol–water partition coefficient (Wildman–Crippen LogP) is 3.00. The molecule has 6 heteroatoms. The van der Waals surface area contributed by atoms with E-state index >= 15 is 0 Å². The Morgan fingerprint density at radius 3 is 2.15 bits per heavy atom. The van der Waals surface area contributed by atoms with E-state index in [1.54, 1.807) is 0 Å². The highest BCUT2D eigenvalue weighted by atomic mass is 16.2. The number of carbonyl (C=O) groups is 1. The van der Waals surface area contributed by atoms with Crippen LogP contribution in [0.25, 0.3) is 0 Å². The van der Waals surface area contributed by atoms with Gasteiger partial charge in [-0.3, -0.25) is 4.79 Å². The summed E-state index contributed by atoms with van der Waals surface area (Å²) in [4.78, 5) is 28.6. The minimum Gasteiger partial charge on any atom is -0.356 e. The molecule has 0 atom stereocenters. The Hall–Kier alpha value is -1.85. The number of amides is 1. The molecule has 2 aliphatic heterocycles. The lowest BCUT2D eigenvalue weighted by Gasteiger charge is -2.36. The summed E-state index contributed by atoms with van der Waals surface area (Å²) in [5.74, 6) is 4.05. The van der Waals surface area contributed by atoms with Crippen molar-refractivity contribution in [2.45, 2.75) is 58.3 Å². The number of rotatable bonds is 5. The van der Waals surface area contributed by atoms with Crippen molar-refractivity contribution >= 4 is 17.5 Å². The third-order valence-corrected chi connectivity index (χ3v) is 6.44. The van der Waals surface area contributed by atoms with Crippen LogP contribution in [0, 0.1) is 12.8 Å². The maximum absolute atomic E-state index is 12.6. The van der Waals surface area contributed by atoms with Crippen LogP contribution in [0.5, 0.6) is 0 Å². The largest absolute Gasteiger partial charge is 0.356 e. The van der Waals surface area contributed by atoms with Gasteiger partial charge in [-0.2, -0.15) is 0 Å². The van der Waals surface area contributed by atoms with Gasteiger partial charge in [-0.05, 0) is 32.1 Å². The molecule has 1 saturated carbocycles. The lowest BCUT2D eigenvalue weighted by molar-refractivity contribution is -0.131. The van der Waals surface area contributed by atoms with Gasteiger partial charge >= 0.3 is 0 Å². The minimum absolute atomic E-state index is 0.346. The number of aromatic nitrogens is 2. The minimum atomic E-state index is 0.346. The Balaban J connectivity index is 1.31. The molecule has 4 rings (SSSR count). The van der Waals surface area contributed by atoms with Gasteiger partial charge in [0.1, 0.15) is 17.5 Å². The monoisotopic (exact) mass is 371 g/mol. The van der Waals surface area contributed by atoms with E-state index in [-0.39, 0.29) is 0 Å². The van der Waals surface area contributed by atoms with E-state index in [9.17, 15) is 4.79 Å². The van der Waals surface area contributed by atoms with Gasteiger partial charge in [0.15, 0.2) is 0 Å². The number of carbonyl (C=O) groups excluding carboxylic acids is 1. The average molecular weight is 372 g/mol. The number of anilines is 2. The van der Waals surface area contributed by atoms with Gasteiger partial charge in [0.2, 0.25) is 5.91 Å². The Morgan fingerprint density at radius 1 is 0.926 bits per heavy atom. The maximum Gasteiger partial charge on any atom is 0.222 e. The number of hydrogen-bond donors (Lipinski definition) is 0. The fourth-order valence-corrected chi connectivity index (χ4v) is 4.78. The van der Waals surface area contributed by atoms with Crippen molar-refractivity contribution in [1.29, 1.82) is 0 Å². The number of aryl methyl sites for hydroxylation is 1. The van der Waals surface area contributed by atoms with Crippen molar-refractivity contribution in [3.63, 3.8) is 0 Å². The molecule has 1 aromatic rings. The molecule has 1 amide bonds. The van der Waals surface area contributed by atoms with E-state index in [0.29, 0.717) is 5.91 Å². The quantitative estimate of drug-likeness (QED) is 0.796. The Labute approximate surface area is 162 Å². The van der Waals surface area contributed by atoms with E-state index in [4.69, 9.17) is 0 Å². The zero-order valence-corrected chi connectivity index (χ0v) is 16.7. The van der Waals surface area contributed by atoms with E-state index in [1.165, 1.54) is 38.5 Å². The molecule has 0 spiro atoms. The molecule has 148 valence electrons. The summed E-state index contributed by atoms with van der Waals surface area (Å²) in [5.41, 5.74) is 0. The van der Waals surface area contributed by atoms with Crippen molar-refractivity contribution < 1.29 is 4.79 Å². The lowest BCUT2D eigenvalue weighted by atomic mass is 10.0. The second-order valence-electron chi connectivity index (χ2n) is 8.38. The summed E-state index contributed by atoms with van der Waals surface area (Å²) in [6.07, 6.45) is 9.69. The molecule has 0 N–H and O–H groups in total. The second kappa shape index (κ2) is 8.44. The maximum atomic E-state index is 12.6. The summed E-state index contributed by atoms with van der Waals surface area (Å²) in [6.45, 7) is 7.53. The van der Waals surface area contributed by atoms with E-state index in [0.717, 1.165) is 75.5 Å². The zero-order chi connectivity index (χ0) is 18.6. The van der Waals surface area contributed by atoms with Gasteiger partial charge in [0.25, 0.3) is 0 Å². The fraction of sp³-hybridized carbons (Fsp3) is 0.762. The molecule has 3 fully saturated rings. The molecule has 1 aliphatic carbocycles. The van der Waals surface area contributed by atoms with Crippen LogP contribution < -0.4 is 9.80 Å². The highest BCUT2D eigenvalue weighted by Gasteiger charge is 2.24. The van der Waals surface area contributed by atoms with Crippen LogP contribution >= 0.6 is 0 Å². The van der Waals surface area contributed by atoms with Crippen LogP contribution in [0.1, 0.15) is 57.2 Å². The van der Waals surface area contributed by atoms with Crippen LogP contribution in [0.3, 0.4) is 0 Å². The molecule has 0 unspecified atom stereocenters. The molecular weight excluding hydrogens is 338 g/mol. The average Bonchev–Trinajstić information content (AvgIpc) is 3.39. The predicted molar refractivity (Wildman–Crippen MR) is 108 cm³/mol. The zero-order valence-electron chi connectivity index (χ0n) is 16.7. The van der Waals surface area contributed by atoms with Crippen molar-refractivity contribution in [2.24, 2.45) is 5.92 Å². The van der Waals surface area contributed by atoms with E-state index in [1.807, 2.05) is 6.92 Å². The molecular formula is C21H33N5O. The summed E-state index contributed by atoms with van der Waals surface area (Å²) >= 11 is 0. The first-order valence-corrected chi connectivity index (χ1v) is 10.8. The first-order valence-electron chi connectivity index (χ1n) is 10.8. The molecule has 0 aromatic carbocycles. The summed E-state index contributed by atoms with van der Waals surface area (Å²) in [5, 5.41) is 0. The molecule has 6 nitrogen and oxygen atoms in total. The molecule has 0 bridgehead atoms. The Morgan fingerprint density at radius 2 is 1.52 bits per heavy atom. The number of hydrogen-bond acceptors (Lipinski definition) is 5. The first kappa shape index (κ1) is 18.5. The van der Waals surface area contributed by atoms with Gasteiger partial charge in [0.05, 0.1) is 0 Å². The van der Waals surface area contributed by atoms with Crippen molar-refractivity contribution in [1.82, 2.24) is 14.9 Å². The first-order chi connectivity index (χ1) is 13.2.